The minimum atomic E-state index is -4.52. The summed E-state index contributed by atoms with van der Waals surface area (Å²) in [5.74, 6) is -3.29. The lowest BCUT2D eigenvalue weighted by atomic mass is 10.1. The summed E-state index contributed by atoms with van der Waals surface area (Å²) in [7, 11) is 0. The quantitative estimate of drug-likeness (QED) is 0.801. The van der Waals surface area contributed by atoms with E-state index >= 15 is 0 Å². The van der Waals surface area contributed by atoms with Crippen LogP contribution in [0.25, 0.3) is 0 Å². The van der Waals surface area contributed by atoms with Crippen LogP contribution in [0, 0.1) is 5.92 Å². The Morgan fingerprint density at radius 3 is 2.16 bits per heavy atom. The fourth-order valence-electron chi connectivity index (χ4n) is 1.83. The maximum Gasteiger partial charge on any atom is 0.411 e. The Morgan fingerprint density at radius 2 is 1.79 bits per heavy atom. The smallest absolute Gasteiger partial charge is 0.411 e. The van der Waals surface area contributed by atoms with Gasteiger partial charge in [0.2, 0.25) is 0 Å². The van der Waals surface area contributed by atoms with Crippen molar-refractivity contribution in [1.29, 1.82) is 0 Å². The van der Waals surface area contributed by atoms with Crippen molar-refractivity contribution in [3.8, 4) is 0 Å². The number of alkyl halides is 3. The third kappa shape index (κ3) is 4.00. The van der Waals surface area contributed by atoms with Crippen molar-refractivity contribution in [2.45, 2.75) is 45.0 Å². The number of halogens is 3. The summed E-state index contributed by atoms with van der Waals surface area (Å²) >= 11 is 0. The Labute approximate surface area is 108 Å². The van der Waals surface area contributed by atoms with Crippen molar-refractivity contribution in [1.82, 2.24) is 4.90 Å². The van der Waals surface area contributed by atoms with Gasteiger partial charge >= 0.3 is 18.2 Å². The standard InChI is InChI=1S/C11H16F3NO4/c1-10(2,3)19-9(18)15-5-6(11(12,13)14)4-7(15)8(16)17/h6-7H,4-5H2,1-3H3,(H,16,17). The molecule has 0 aromatic carbocycles. The van der Waals surface area contributed by atoms with E-state index in [0.29, 0.717) is 4.90 Å². The van der Waals surface area contributed by atoms with Crippen LogP contribution in [0.5, 0.6) is 0 Å². The lowest BCUT2D eigenvalue weighted by Gasteiger charge is -2.26. The average Bonchev–Trinajstić information content (AvgIpc) is 2.57. The van der Waals surface area contributed by atoms with Crippen molar-refractivity contribution in [2.75, 3.05) is 6.54 Å². The molecule has 0 aromatic rings. The van der Waals surface area contributed by atoms with Gasteiger partial charge in [-0.15, -0.1) is 0 Å². The van der Waals surface area contributed by atoms with Gasteiger partial charge in [0.05, 0.1) is 5.92 Å². The minimum absolute atomic E-state index is 0.631. The van der Waals surface area contributed by atoms with Crippen LogP contribution in [-0.4, -0.2) is 46.4 Å². The van der Waals surface area contributed by atoms with Gasteiger partial charge in [-0.25, -0.2) is 9.59 Å². The van der Waals surface area contributed by atoms with Crippen molar-refractivity contribution in [3.63, 3.8) is 0 Å². The van der Waals surface area contributed by atoms with Gasteiger partial charge in [0.1, 0.15) is 11.6 Å². The van der Waals surface area contributed by atoms with Crippen molar-refractivity contribution < 1.29 is 32.6 Å². The Kier molecular flexibility index (Phi) is 4.02. The molecule has 19 heavy (non-hydrogen) atoms. The molecule has 2 atom stereocenters. The summed E-state index contributed by atoms with van der Waals surface area (Å²) in [4.78, 5) is 23.3. The molecule has 1 aliphatic rings. The van der Waals surface area contributed by atoms with Gasteiger partial charge in [-0.3, -0.25) is 4.90 Å². The van der Waals surface area contributed by atoms with E-state index in [-0.39, 0.29) is 0 Å². The summed E-state index contributed by atoms with van der Waals surface area (Å²) < 4.78 is 42.7. The van der Waals surface area contributed by atoms with Gasteiger partial charge in [0.15, 0.2) is 0 Å². The van der Waals surface area contributed by atoms with Gasteiger partial charge in [0, 0.05) is 6.54 Å². The summed E-state index contributed by atoms with van der Waals surface area (Å²) in [5.41, 5.74) is -0.892. The molecule has 5 nitrogen and oxygen atoms in total. The maximum absolute atomic E-state index is 12.6. The van der Waals surface area contributed by atoms with Crippen LogP contribution in [0.2, 0.25) is 0 Å². The van der Waals surface area contributed by atoms with E-state index < -0.39 is 48.8 Å². The van der Waals surface area contributed by atoms with Gasteiger partial charge < -0.3 is 9.84 Å². The van der Waals surface area contributed by atoms with E-state index in [1.54, 1.807) is 20.8 Å². The highest BCUT2D eigenvalue weighted by Crippen LogP contribution is 2.37. The fraction of sp³-hybridized carbons (Fsp3) is 0.818. The summed E-state index contributed by atoms with van der Waals surface area (Å²) in [6.45, 7) is 3.98. The number of carbonyl (C=O) groups excluding carboxylic acids is 1. The highest BCUT2D eigenvalue weighted by molar-refractivity contribution is 5.81. The minimum Gasteiger partial charge on any atom is -0.480 e. The number of rotatable bonds is 1. The molecule has 2 unspecified atom stereocenters. The van der Waals surface area contributed by atoms with E-state index in [1.165, 1.54) is 0 Å². The number of aliphatic carboxylic acids is 1. The molecule has 0 aromatic heterocycles. The number of carbonyl (C=O) groups is 2. The van der Waals surface area contributed by atoms with Crippen LogP contribution in [-0.2, 0) is 9.53 Å². The van der Waals surface area contributed by atoms with E-state index in [2.05, 4.69) is 0 Å². The third-order valence-corrected chi connectivity index (χ3v) is 2.68. The van der Waals surface area contributed by atoms with Crippen LogP contribution in [0.4, 0.5) is 18.0 Å². The molecule has 110 valence electrons. The molecule has 0 spiro atoms. The molecule has 1 amide bonds. The van der Waals surface area contributed by atoms with Crippen LogP contribution in [0.15, 0.2) is 0 Å². The lowest BCUT2D eigenvalue weighted by molar-refractivity contribution is -0.170. The summed E-state index contributed by atoms with van der Waals surface area (Å²) in [6, 6.07) is -1.50. The Balaban J connectivity index is 2.86. The molecule has 0 radical (unpaired) electrons. The Bertz CT molecular complexity index is 375. The van der Waals surface area contributed by atoms with Crippen LogP contribution in [0.3, 0.4) is 0 Å². The van der Waals surface area contributed by atoms with E-state index in [1.807, 2.05) is 0 Å². The molecule has 1 saturated heterocycles. The number of nitrogens with zero attached hydrogens (tertiary/aromatic N) is 1. The number of carboxylic acids is 1. The predicted octanol–water partition coefficient (Wildman–Crippen LogP) is 2.26. The zero-order valence-corrected chi connectivity index (χ0v) is 10.8. The second kappa shape index (κ2) is 4.90. The van der Waals surface area contributed by atoms with Gasteiger partial charge in [0.25, 0.3) is 0 Å². The molecule has 0 saturated carbocycles. The van der Waals surface area contributed by atoms with Crippen LogP contribution in [0.1, 0.15) is 27.2 Å². The number of carboxylic acid groups (broad SMARTS) is 1. The van der Waals surface area contributed by atoms with Gasteiger partial charge in [-0.1, -0.05) is 0 Å². The molecule has 1 N–H and O–H groups in total. The Hall–Kier alpha value is -1.47. The first-order valence-electron chi connectivity index (χ1n) is 5.71. The number of likely N-dealkylation sites (tertiary alicyclic amines) is 1. The third-order valence-electron chi connectivity index (χ3n) is 2.68. The zero-order chi connectivity index (χ0) is 15.0. The van der Waals surface area contributed by atoms with E-state index in [9.17, 15) is 22.8 Å². The molecule has 1 fully saturated rings. The summed E-state index contributed by atoms with van der Waals surface area (Å²) in [6.07, 6.45) is -6.20. The van der Waals surface area contributed by atoms with E-state index in [0.717, 1.165) is 0 Å². The highest BCUT2D eigenvalue weighted by Gasteiger charge is 2.51. The van der Waals surface area contributed by atoms with Crippen LogP contribution >= 0.6 is 0 Å². The average molecular weight is 283 g/mol. The highest BCUT2D eigenvalue weighted by atomic mass is 19.4. The van der Waals surface area contributed by atoms with Crippen molar-refractivity contribution in [3.05, 3.63) is 0 Å². The van der Waals surface area contributed by atoms with E-state index in [4.69, 9.17) is 9.84 Å². The first kappa shape index (κ1) is 15.6. The maximum atomic E-state index is 12.6. The second-order valence-electron chi connectivity index (χ2n) is 5.46. The molecule has 1 aliphatic heterocycles. The number of ether oxygens (including phenoxy) is 1. The van der Waals surface area contributed by atoms with Crippen molar-refractivity contribution in [2.24, 2.45) is 5.92 Å². The fourth-order valence-corrected chi connectivity index (χ4v) is 1.83. The second-order valence-corrected chi connectivity index (χ2v) is 5.46. The zero-order valence-electron chi connectivity index (χ0n) is 10.8. The molecule has 0 bridgehead atoms. The first-order valence-corrected chi connectivity index (χ1v) is 5.71. The number of amides is 1. The monoisotopic (exact) mass is 283 g/mol. The van der Waals surface area contributed by atoms with Crippen LogP contribution < -0.4 is 0 Å². The number of hydrogen-bond donors (Lipinski definition) is 1. The van der Waals surface area contributed by atoms with Gasteiger partial charge in [-0.2, -0.15) is 13.2 Å². The van der Waals surface area contributed by atoms with Crippen molar-refractivity contribution >= 4 is 12.1 Å². The molecule has 8 heteroatoms. The van der Waals surface area contributed by atoms with Gasteiger partial charge in [-0.05, 0) is 27.2 Å². The topological polar surface area (TPSA) is 66.8 Å². The molecular weight excluding hydrogens is 267 g/mol. The predicted molar refractivity (Wildman–Crippen MR) is 58.5 cm³/mol. The molecule has 1 rings (SSSR count). The molecular formula is C11H16F3NO4. The normalized spacial score (nSPS) is 24.4. The SMILES string of the molecule is CC(C)(C)OC(=O)N1CC(C(F)(F)F)CC1C(=O)O. The molecule has 0 aliphatic carbocycles. The Morgan fingerprint density at radius 1 is 1.26 bits per heavy atom. The lowest BCUT2D eigenvalue weighted by Crippen LogP contribution is -2.43. The first-order chi connectivity index (χ1) is 8.42. The largest absolute Gasteiger partial charge is 0.480 e. The molecule has 1 heterocycles. The number of hydrogen-bond acceptors (Lipinski definition) is 3. The summed E-state index contributed by atoms with van der Waals surface area (Å²) in [5, 5.41) is 8.90.